The number of benzene rings is 1. The minimum absolute atomic E-state index is 0.0738. The fraction of sp³-hybridized carbons (Fsp3) is 0.444. The molecular formula is C18H19N3O2. The van der Waals surface area contributed by atoms with Crippen molar-refractivity contribution in [2.75, 3.05) is 6.54 Å². The van der Waals surface area contributed by atoms with Crippen molar-refractivity contribution in [3.8, 4) is 0 Å². The average molecular weight is 309 g/mol. The predicted octanol–water partition coefficient (Wildman–Crippen LogP) is 1.99. The first-order valence-corrected chi connectivity index (χ1v) is 8.39. The number of amides is 2. The van der Waals surface area contributed by atoms with Gasteiger partial charge in [0.25, 0.3) is 0 Å². The highest BCUT2D eigenvalue weighted by Gasteiger charge is 2.51. The van der Waals surface area contributed by atoms with Crippen LogP contribution in [0.1, 0.15) is 37.1 Å². The summed E-state index contributed by atoms with van der Waals surface area (Å²) in [4.78, 5) is 33.0. The van der Waals surface area contributed by atoms with Crippen LogP contribution in [0.4, 0.5) is 0 Å². The summed E-state index contributed by atoms with van der Waals surface area (Å²) in [5.41, 5.74) is 3.38. The van der Waals surface area contributed by atoms with Gasteiger partial charge in [0.05, 0.1) is 6.04 Å². The van der Waals surface area contributed by atoms with Gasteiger partial charge >= 0.3 is 0 Å². The van der Waals surface area contributed by atoms with E-state index in [4.69, 9.17) is 0 Å². The second-order valence-corrected chi connectivity index (χ2v) is 6.89. The van der Waals surface area contributed by atoms with Gasteiger partial charge in [-0.05, 0) is 31.4 Å². The van der Waals surface area contributed by atoms with E-state index in [2.05, 4.69) is 17.1 Å². The first kappa shape index (κ1) is 13.2. The summed E-state index contributed by atoms with van der Waals surface area (Å²) in [5, 5.41) is 1.18. The summed E-state index contributed by atoms with van der Waals surface area (Å²) in [6.45, 7) is 2.77. The number of para-hydroxylation sites is 1. The number of hydrogen-bond acceptors (Lipinski definition) is 2. The van der Waals surface area contributed by atoms with Crippen molar-refractivity contribution in [3.63, 3.8) is 0 Å². The summed E-state index contributed by atoms with van der Waals surface area (Å²) in [6.07, 6.45) is 2.36. The minimum atomic E-state index is -0.335. The molecule has 0 radical (unpaired) electrons. The van der Waals surface area contributed by atoms with Crippen LogP contribution in [-0.4, -0.2) is 45.2 Å². The average Bonchev–Trinajstić information content (AvgIpc) is 3.18. The Kier molecular flexibility index (Phi) is 2.50. The summed E-state index contributed by atoms with van der Waals surface area (Å²) in [7, 11) is 0. The van der Waals surface area contributed by atoms with Crippen LogP contribution in [-0.2, 0) is 16.0 Å². The number of aromatic nitrogens is 1. The molecule has 0 spiro atoms. The zero-order valence-electron chi connectivity index (χ0n) is 13.1. The topological polar surface area (TPSA) is 56.4 Å². The number of rotatable bonds is 0. The molecule has 5 rings (SSSR count). The monoisotopic (exact) mass is 309 g/mol. The van der Waals surface area contributed by atoms with Gasteiger partial charge in [-0.3, -0.25) is 9.59 Å². The van der Waals surface area contributed by atoms with E-state index in [0.717, 1.165) is 30.6 Å². The molecule has 23 heavy (non-hydrogen) atoms. The lowest BCUT2D eigenvalue weighted by Gasteiger charge is -2.47. The molecule has 0 unspecified atom stereocenters. The zero-order chi connectivity index (χ0) is 15.7. The number of hydrogen-bond donors (Lipinski definition) is 1. The van der Waals surface area contributed by atoms with Crippen molar-refractivity contribution in [1.82, 2.24) is 14.8 Å². The van der Waals surface area contributed by atoms with E-state index in [1.807, 2.05) is 28.9 Å². The number of H-pyrrole nitrogens is 1. The lowest BCUT2D eigenvalue weighted by molar-refractivity contribution is -0.162. The number of carbonyl (C=O) groups is 2. The number of nitrogens with one attached hydrogen (secondary N) is 1. The van der Waals surface area contributed by atoms with Crippen LogP contribution in [0.2, 0.25) is 0 Å². The predicted molar refractivity (Wildman–Crippen MR) is 85.8 cm³/mol. The van der Waals surface area contributed by atoms with Crippen LogP contribution < -0.4 is 0 Å². The van der Waals surface area contributed by atoms with Gasteiger partial charge in [-0.25, -0.2) is 0 Å². The number of nitrogens with zero attached hydrogens (tertiary/aromatic N) is 2. The molecule has 2 amide bonds. The Morgan fingerprint density at radius 2 is 1.96 bits per heavy atom. The maximum Gasteiger partial charge on any atom is 0.246 e. The van der Waals surface area contributed by atoms with Crippen LogP contribution in [0.3, 0.4) is 0 Å². The zero-order valence-corrected chi connectivity index (χ0v) is 13.1. The van der Waals surface area contributed by atoms with Gasteiger partial charge in [0.1, 0.15) is 12.1 Å². The second kappa shape index (κ2) is 4.37. The van der Waals surface area contributed by atoms with E-state index in [1.165, 1.54) is 10.9 Å². The van der Waals surface area contributed by atoms with Crippen molar-refractivity contribution >= 4 is 22.7 Å². The van der Waals surface area contributed by atoms with Gasteiger partial charge < -0.3 is 14.8 Å². The van der Waals surface area contributed by atoms with Crippen LogP contribution in [0, 0.1) is 0 Å². The highest BCUT2D eigenvalue weighted by Crippen LogP contribution is 2.41. The Morgan fingerprint density at radius 1 is 1.13 bits per heavy atom. The molecule has 118 valence electrons. The van der Waals surface area contributed by atoms with Gasteiger partial charge in [0, 0.05) is 29.6 Å². The second-order valence-electron chi connectivity index (χ2n) is 6.89. The first-order valence-electron chi connectivity index (χ1n) is 8.39. The maximum absolute atomic E-state index is 12.9. The molecule has 0 aliphatic carbocycles. The standard InChI is InChI=1S/C18H19N3O2/c1-10-16-12(11-5-2-3-6-13(11)19-16)9-15-17(22)20-8-4-7-14(20)18(23)21(10)15/h2-3,5-6,10,14-15,19H,4,7-9H2,1H3/t10-,14-,15-/m0/s1. The molecule has 5 nitrogen and oxygen atoms in total. The van der Waals surface area contributed by atoms with Crippen molar-refractivity contribution in [2.24, 2.45) is 0 Å². The summed E-state index contributed by atoms with van der Waals surface area (Å²) in [6, 6.07) is 7.55. The molecule has 2 aromatic rings. The molecule has 5 heteroatoms. The molecule has 1 aromatic heterocycles. The Balaban J connectivity index is 1.67. The fourth-order valence-electron chi connectivity index (χ4n) is 4.70. The van der Waals surface area contributed by atoms with E-state index >= 15 is 0 Å². The van der Waals surface area contributed by atoms with Crippen LogP contribution in [0.5, 0.6) is 0 Å². The SMILES string of the molecule is C[C@H]1c2[nH]c3ccccc3c2C[C@H]2C(=O)N3CCC[C@H]3C(=O)N21. The van der Waals surface area contributed by atoms with Crippen molar-refractivity contribution in [2.45, 2.75) is 44.3 Å². The van der Waals surface area contributed by atoms with Crippen molar-refractivity contribution in [3.05, 3.63) is 35.5 Å². The molecule has 3 atom stereocenters. The van der Waals surface area contributed by atoms with E-state index in [1.54, 1.807) is 0 Å². The van der Waals surface area contributed by atoms with Gasteiger partial charge in [-0.15, -0.1) is 0 Å². The molecule has 4 heterocycles. The Bertz CT molecular complexity index is 840. The summed E-state index contributed by atoms with van der Waals surface area (Å²) >= 11 is 0. The Morgan fingerprint density at radius 3 is 2.83 bits per heavy atom. The number of fused-ring (bicyclic) bond motifs is 5. The molecule has 0 saturated carbocycles. The lowest BCUT2D eigenvalue weighted by atomic mass is 9.88. The highest BCUT2D eigenvalue weighted by atomic mass is 16.2. The normalized spacial score (nSPS) is 29.7. The molecule has 2 fully saturated rings. The van der Waals surface area contributed by atoms with E-state index in [-0.39, 0.29) is 29.9 Å². The van der Waals surface area contributed by atoms with Gasteiger partial charge in [-0.1, -0.05) is 18.2 Å². The molecule has 0 bridgehead atoms. The maximum atomic E-state index is 12.9. The third kappa shape index (κ3) is 1.57. The molecule has 1 N–H and O–H groups in total. The van der Waals surface area contributed by atoms with E-state index < -0.39 is 0 Å². The van der Waals surface area contributed by atoms with E-state index in [9.17, 15) is 9.59 Å². The van der Waals surface area contributed by atoms with E-state index in [0.29, 0.717) is 6.42 Å². The first-order chi connectivity index (χ1) is 11.2. The lowest BCUT2D eigenvalue weighted by Crippen LogP contribution is -2.65. The van der Waals surface area contributed by atoms with Gasteiger partial charge in [-0.2, -0.15) is 0 Å². The van der Waals surface area contributed by atoms with Crippen molar-refractivity contribution < 1.29 is 9.59 Å². The van der Waals surface area contributed by atoms with Crippen LogP contribution in [0.25, 0.3) is 10.9 Å². The highest BCUT2D eigenvalue weighted by molar-refractivity contribution is 5.99. The minimum Gasteiger partial charge on any atom is -0.356 e. The quantitative estimate of drug-likeness (QED) is 0.809. The number of piperazine rings is 1. The third-order valence-corrected chi connectivity index (χ3v) is 5.78. The third-order valence-electron chi connectivity index (χ3n) is 5.78. The molecule has 3 aliphatic heterocycles. The van der Waals surface area contributed by atoms with Crippen LogP contribution >= 0.6 is 0 Å². The molecule has 2 saturated heterocycles. The molecule has 3 aliphatic rings. The molecular weight excluding hydrogens is 290 g/mol. The Labute approximate surface area is 134 Å². The number of aromatic amines is 1. The van der Waals surface area contributed by atoms with Crippen molar-refractivity contribution in [1.29, 1.82) is 0 Å². The van der Waals surface area contributed by atoms with Gasteiger partial charge in [0.15, 0.2) is 0 Å². The fourth-order valence-corrected chi connectivity index (χ4v) is 4.70. The van der Waals surface area contributed by atoms with Crippen LogP contribution in [0.15, 0.2) is 24.3 Å². The molecule has 1 aromatic carbocycles. The smallest absolute Gasteiger partial charge is 0.246 e. The number of carbonyl (C=O) groups excluding carboxylic acids is 2. The Hall–Kier alpha value is -2.30. The largest absolute Gasteiger partial charge is 0.356 e. The summed E-state index contributed by atoms with van der Waals surface area (Å²) in [5.74, 6) is 0.263. The summed E-state index contributed by atoms with van der Waals surface area (Å²) < 4.78 is 0. The van der Waals surface area contributed by atoms with Gasteiger partial charge in [0.2, 0.25) is 11.8 Å².